The standard InChI is InChI=1S/C20H16ClNO5S/c1-2-16(19(24)25)27-15-9-3-12(4-10-15)11-17-18(23)22(20(26)28-17)14-7-5-13(21)6-8-14/h3-11,16H,2H2,1H3,(H,24,25)/b17-11+. The molecule has 1 N–H and O–H groups in total. The van der Waals surface area contributed by atoms with Crippen LogP contribution in [0.15, 0.2) is 53.4 Å². The smallest absolute Gasteiger partial charge is 0.344 e. The van der Waals surface area contributed by atoms with Crippen LogP contribution in [0.1, 0.15) is 18.9 Å². The van der Waals surface area contributed by atoms with Crippen LogP contribution in [0.4, 0.5) is 10.5 Å². The summed E-state index contributed by atoms with van der Waals surface area (Å²) in [5, 5.41) is 9.18. The normalized spacial score (nSPS) is 16.5. The van der Waals surface area contributed by atoms with Gasteiger partial charge in [-0.05, 0) is 66.2 Å². The van der Waals surface area contributed by atoms with E-state index in [1.807, 2.05) is 0 Å². The van der Waals surface area contributed by atoms with Crippen molar-refractivity contribution in [2.75, 3.05) is 4.90 Å². The van der Waals surface area contributed by atoms with E-state index < -0.39 is 18.0 Å². The van der Waals surface area contributed by atoms with Crippen LogP contribution in [0, 0.1) is 0 Å². The molecule has 144 valence electrons. The summed E-state index contributed by atoms with van der Waals surface area (Å²) in [6.45, 7) is 1.73. The number of carbonyl (C=O) groups is 3. The molecule has 2 aromatic carbocycles. The fraction of sp³-hybridized carbons (Fsp3) is 0.150. The lowest BCUT2D eigenvalue weighted by atomic mass is 10.2. The molecule has 0 bridgehead atoms. The second-order valence-electron chi connectivity index (χ2n) is 5.92. The van der Waals surface area contributed by atoms with Crippen molar-refractivity contribution < 1.29 is 24.2 Å². The van der Waals surface area contributed by atoms with Crippen LogP contribution in [-0.2, 0) is 9.59 Å². The van der Waals surface area contributed by atoms with Gasteiger partial charge in [0.1, 0.15) is 5.75 Å². The molecule has 0 radical (unpaired) electrons. The molecule has 1 heterocycles. The van der Waals surface area contributed by atoms with Crippen molar-refractivity contribution >= 4 is 52.2 Å². The Morgan fingerprint density at radius 3 is 2.39 bits per heavy atom. The third kappa shape index (κ3) is 4.37. The summed E-state index contributed by atoms with van der Waals surface area (Å²) in [7, 11) is 0. The highest BCUT2D eigenvalue weighted by atomic mass is 35.5. The molecule has 1 aliphatic rings. The number of halogens is 1. The second-order valence-corrected chi connectivity index (χ2v) is 7.35. The molecular weight excluding hydrogens is 402 g/mol. The number of thioether (sulfide) groups is 1. The first-order chi connectivity index (χ1) is 13.4. The number of benzene rings is 2. The summed E-state index contributed by atoms with van der Waals surface area (Å²) in [5.74, 6) is -1.02. The molecule has 1 unspecified atom stereocenters. The predicted octanol–water partition coefficient (Wildman–Crippen LogP) is 4.82. The SMILES string of the molecule is CCC(Oc1ccc(/C=C2/SC(=O)N(c3ccc(Cl)cc3)C2=O)cc1)C(=O)O. The van der Waals surface area contributed by atoms with Gasteiger partial charge < -0.3 is 9.84 Å². The zero-order chi connectivity index (χ0) is 20.3. The van der Waals surface area contributed by atoms with Crippen LogP contribution in [0.5, 0.6) is 5.75 Å². The zero-order valence-corrected chi connectivity index (χ0v) is 16.4. The van der Waals surface area contributed by atoms with E-state index in [1.165, 1.54) is 0 Å². The molecule has 8 heteroatoms. The van der Waals surface area contributed by atoms with Crippen LogP contribution in [0.2, 0.25) is 5.02 Å². The quantitative estimate of drug-likeness (QED) is 0.678. The first-order valence-electron chi connectivity index (χ1n) is 8.42. The number of carboxylic acid groups (broad SMARTS) is 1. The molecule has 2 amide bonds. The van der Waals surface area contributed by atoms with Crippen LogP contribution in [0.25, 0.3) is 6.08 Å². The van der Waals surface area contributed by atoms with Gasteiger partial charge in [0, 0.05) is 5.02 Å². The number of rotatable bonds is 6. The van der Waals surface area contributed by atoms with E-state index in [2.05, 4.69) is 0 Å². The van der Waals surface area contributed by atoms with E-state index in [-0.39, 0.29) is 5.24 Å². The van der Waals surface area contributed by atoms with Gasteiger partial charge >= 0.3 is 5.97 Å². The fourth-order valence-corrected chi connectivity index (χ4v) is 3.51. The average molecular weight is 418 g/mol. The van der Waals surface area contributed by atoms with E-state index >= 15 is 0 Å². The van der Waals surface area contributed by atoms with Crippen LogP contribution in [0.3, 0.4) is 0 Å². The van der Waals surface area contributed by atoms with Crippen LogP contribution >= 0.6 is 23.4 Å². The van der Waals surface area contributed by atoms with E-state index in [1.54, 1.807) is 61.5 Å². The number of imide groups is 1. The summed E-state index contributed by atoms with van der Waals surface area (Å²) < 4.78 is 5.41. The molecule has 0 spiro atoms. The minimum atomic E-state index is -1.03. The summed E-state index contributed by atoms with van der Waals surface area (Å²) in [4.78, 5) is 37.3. The predicted molar refractivity (Wildman–Crippen MR) is 109 cm³/mol. The van der Waals surface area contributed by atoms with Crippen molar-refractivity contribution in [3.8, 4) is 5.75 Å². The number of hydrogen-bond acceptors (Lipinski definition) is 5. The van der Waals surface area contributed by atoms with Gasteiger partial charge in [0.15, 0.2) is 6.10 Å². The molecule has 0 aliphatic carbocycles. The lowest BCUT2D eigenvalue weighted by molar-refractivity contribution is -0.145. The van der Waals surface area contributed by atoms with Crippen molar-refractivity contribution in [1.29, 1.82) is 0 Å². The average Bonchev–Trinajstić information content (AvgIpc) is 2.95. The lowest BCUT2D eigenvalue weighted by Crippen LogP contribution is -2.27. The second kappa shape index (κ2) is 8.50. The van der Waals surface area contributed by atoms with Gasteiger partial charge in [0.05, 0.1) is 10.6 Å². The Balaban J connectivity index is 1.76. The first kappa shape index (κ1) is 20.0. The molecule has 1 atom stereocenters. The van der Waals surface area contributed by atoms with E-state index in [9.17, 15) is 14.4 Å². The summed E-state index contributed by atoms with van der Waals surface area (Å²) in [6.07, 6.45) is 1.04. The summed E-state index contributed by atoms with van der Waals surface area (Å²) >= 11 is 6.70. The third-order valence-corrected chi connectivity index (χ3v) is 5.10. The summed E-state index contributed by atoms with van der Waals surface area (Å²) in [5.41, 5.74) is 1.15. The fourth-order valence-electron chi connectivity index (χ4n) is 2.55. The first-order valence-corrected chi connectivity index (χ1v) is 9.61. The van der Waals surface area contributed by atoms with Crippen molar-refractivity contribution in [1.82, 2.24) is 0 Å². The number of carbonyl (C=O) groups excluding carboxylic acids is 2. The summed E-state index contributed by atoms with van der Waals surface area (Å²) in [6, 6.07) is 13.1. The molecule has 28 heavy (non-hydrogen) atoms. The van der Waals surface area contributed by atoms with Gasteiger partial charge in [-0.15, -0.1) is 0 Å². The van der Waals surface area contributed by atoms with Crippen molar-refractivity contribution in [3.63, 3.8) is 0 Å². The molecule has 1 aliphatic heterocycles. The number of anilines is 1. The van der Waals surface area contributed by atoms with Crippen LogP contribution in [-0.4, -0.2) is 28.3 Å². The number of nitrogens with zero attached hydrogens (tertiary/aromatic N) is 1. The van der Waals surface area contributed by atoms with E-state index in [0.717, 1.165) is 16.7 Å². The Hall–Kier alpha value is -2.77. The number of hydrogen-bond donors (Lipinski definition) is 1. The van der Waals surface area contributed by atoms with Gasteiger partial charge in [0.25, 0.3) is 11.1 Å². The monoisotopic (exact) mass is 417 g/mol. The molecule has 3 rings (SSSR count). The highest BCUT2D eigenvalue weighted by Gasteiger charge is 2.36. The van der Waals surface area contributed by atoms with E-state index in [4.69, 9.17) is 21.4 Å². The molecule has 1 fully saturated rings. The molecule has 2 aromatic rings. The largest absolute Gasteiger partial charge is 0.479 e. The highest BCUT2D eigenvalue weighted by molar-refractivity contribution is 8.19. The highest BCUT2D eigenvalue weighted by Crippen LogP contribution is 2.36. The Morgan fingerprint density at radius 2 is 1.82 bits per heavy atom. The van der Waals surface area contributed by atoms with Crippen molar-refractivity contribution in [2.24, 2.45) is 0 Å². The number of ether oxygens (including phenoxy) is 1. The van der Waals surface area contributed by atoms with Gasteiger partial charge in [-0.2, -0.15) is 0 Å². The van der Waals surface area contributed by atoms with Gasteiger partial charge in [-0.1, -0.05) is 30.7 Å². The maximum Gasteiger partial charge on any atom is 0.344 e. The minimum absolute atomic E-state index is 0.297. The van der Waals surface area contributed by atoms with Crippen LogP contribution < -0.4 is 9.64 Å². The molecule has 0 aromatic heterocycles. The molecule has 6 nitrogen and oxygen atoms in total. The Morgan fingerprint density at radius 1 is 1.18 bits per heavy atom. The Kier molecular flexibility index (Phi) is 6.06. The van der Waals surface area contributed by atoms with Gasteiger partial charge in [-0.25, -0.2) is 9.69 Å². The van der Waals surface area contributed by atoms with Gasteiger partial charge in [-0.3, -0.25) is 9.59 Å². The number of carboxylic acids is 1. The van der Waals surface area contributed by atoms with E-state index in [0.29, 0.717) is 33.3 Å². The lowest BCUT2D eigenvalue weighted by Gasteiger charge is -2.13. The number of amides is 2. The number of aliphatic carboxylic acids is 1. The van der Waals surface area contributed by atoms with Crippen molar-refractivity contribution in [3.05, 3.63) is 64.0 Å². The molecule has 1 saturated heterocycles. The Bertz CT molecular complexity index is 940. The maximum absolute atomic E-state index is 12.6. The molecule has 0 saturated carbocycles. The zero-order valence-electron chi connectivity index (χ0n) is 14.8. The maximum atomic E-state index is 12.6. The minimum Gasteiger partial charge on any atom is -0.479 e. The van der Waals surface area contributed by atoms with Gasteiger partial charge in [0.2, 0.25) is 0 Å². The topological polar surface area (TPSA) is 83.9 Å². The van der Waals surface area contributed by atoms with Crippen molar-refractivity contribution in [2.45, 2.75) is 19.4 Å². The Labute approximate surface area is 170 Å². The third-order valence-electron chi connectivity index (χ3n) is 3.98. The molecular formula is C20H16ClNO5S.